The van der Waals surface area contributed by atoms with E-state index in [2.05, 4.69) is 35.1 Å². The zero-order valence-corrected chi connectivity index (χ0v) is 15.0. The number of hydrogen-bond acceptors (Lipinski definition) is 3. The van der Waals surface area contributed by atoms with Crippen LogP contribution in [-0.4, -0.2) is 36.1 Å². The van der Waals surface area contributed by atoms with Crippen LogP contribution in [0.15, 0.2) is 22.7 Å². The third-order valence-corrected chi connectivity index (χ3v) is 3.89. The first-order valence-electron chi connectivity index (χ1n) is 6.97. The summed E-state index contributed by atoms with van der Waals surface area (Å²) >= 11 is 8.69. The number of methoxy groups -OCH3 is 1. The van der Waals surface area contributed by atoms with Crippen molar-refractivity contribution >= 4 is 39.2 Å². The fourth-order valence-corrected chi connectivity index (χ4v) is 2.73. The van der Waals surface area contributed by atoms with Gasteiger partial charge in [0.15, 0.2) is 5.11 Å². The maximum atomic E-state index is 12.2. The first-order valence-corrected chi connectivity index (χ1v) is 8.17. The van der Waals surface area contributed by atoms with E-state index in [0.717, 1.165) is 30.4 Å². The van der Waals surface area contributed by atoms with Gasteiger partial charge in [-0.2, -0.15) is 0 Å². The van der Waals surface area contributed by atoms with Gasteiger partial charge in [0, 0.05) is 18.7 Å². The molecule has 4 nitrogen and oxygen atoms in total. The van der Waals surface area contributed by atoms with E-state index in [1.54, 1.807) is 25.3 Å². The van der Waals surface area contributed by atoms with Crippen molar-refractivity contribution in [3.05, 3.63) is 28.2 Å². The monoisotopic (exact) mass is 372 g/mol. The van der Waals surface area contributed by atoms with Crippen molar-refractivity contribution in [2.45, 2.75) is 26.7 Å². The molecule has 116 valence electrons. The molecule has 0 aliphatic carbocycles. The molecule has 0 radical (unpaired) electrons. The van der Waals surface area contributed by atoms with E-state index in [1.165, 1.54) is 0 Å². The Bertz CT molecular complexity index is 502. The van der Waals surface area contributed by atoms with Crippen LogP contribution in [0.4, 0.5) is 0 Å². The molecule has 21 heavy (non-hydrogen) atoms. The van der Waals surface area contributed by atoms with Gasteiger partial charge in [0.25, 0.3) is 5.91 Å². The third-order valence-electron chi connectivity index (χ3n) is 2.91. The van der Waals surface area contributed by atoms with Crippen molar-refractivity contribution in [2.24, 2.45) is 0 Å². The van der Waals surface area contributed by atoms with E-state index in [1.807, 2.05) is 4.90 Å². The highest BCUT2D eigenvalue weighted by molar-refractivity contribution is 9.10. The van der Waals surface area contributed by atoms with E-state index in [4.69, 9.17) is 17.0 Å². The van der Waals surface area contributed by atoms with Gasteiger partial charge in [-0.25, -0.2) is 0 Å². The molecule has 1 aromatic rings. The average Bonchev–Trinajstić information content (AvgIpc) is 2.46. The molecule has 0 bridgehead atoms. The Hall–Kier alpha value is -1.14. The zero-order valence-electron chi connectivity index (χ0n) is 12.6. The summed E-state index contributed by atoms with van der Waals surface area (Å²) < 4.78 is 5.89. The number of nitrogens with zero attached hydrogens (tertiary/aromatic N) is 1. The number of ether oxygens (including phenoxy) is 1. The van der Waals surface area contributed by atoms with Crippen LogP contribution < -0.4 is 10.1 Å². The molecule has 0 aliphatic rings. The molecule has 1 rings (SSSR count). The molecular formula is C15H21BrN2O2S. The second-order valence-electron chi connectivity index (χ2n) is 4.60. The number of carbonyl (C=O) groups excluding carboxylic acids is 1. The Morgan fingerprint density at radius 3 is 2.43 bits per heavy atom. The number of rotatable bonds is 6. The van der Waals surface area contributed by atoms with Crippen LogP contribution >= 0.6 is 28.1 Å². The molecule has 0 spiro atoms. The Kier molecular flexibility index (Phi) is 7.67. The minimum atomic E-state index is -0.208. The number of amides is 1. The van der Waals surface area contributed by atoms with Crippen LogP contribution in [0.2, 0.25) is 0 Å². The number of carbonyl (C=O) groups is 1. The fraction of sp³-hybridized carbons (Fsp3) is 0.467. The van der Waals surface area contributed by atoms with Gasteiger partial charge in [-0.3, -0.25) is 10.1 Å². The molecule has 0 heterocycles. The molecule has 1 amide bonds. The van der Waals surface area contributed by atoms with Crippen LogP contribution in [0, 0.1) is 0 Å². The van der Waals surface area contributed by atoms with Crippen molar-refractivity contribution in [2.75, 3.05) is 20.2 Å². The molecule has 0 aliphatic heterocycles. The predicted octanol–water partition coefficient (Wildman–Crippen LogP) is 3.59. The summed E-state index contributed by atoms with van der Waals surface area (Å²) in [6.45, 7) is 5.87. The van der Waals surface area contributed by atoms with Crippen molar-refractivity contribution in [1.29, 1.82) is 0 Å². The lowest BCUT2D eigenvalue weighted by atomic mass is 10.2. The molecule has 0 aromatic heterocycles. The second-order valence-corrected chi connectivity index (χ2v) is 5.84. The Balaban J connectivity index is 2.75. The Morgan fingerprint density at radius 1 is 1.33 bits per heavy atom. The van der Waals surface area contributed by atoms with Gasteiger partial charge in [-0.1, -0.05) is 13.8 Å². The first kappa shape index (κ1) is 17.9. The predicted molar refractivity (Wildman–Crippen MR) is 92.9 cm³/mol. The van der Waals surface area contributed by atoms with E-state index in [-0.39, 0.29) is 5.91 Å². The molecule has 0 atom stereocenters. The second kappa shape index (κ2) is 9.00. The minimum Gasteiger partial charge on any atom is -0.496 e. The standard InChI is InChI=1S/C15H21BrN2O2S/c1-4-8-18(9-5-2)15(21)17-14(19)11-6-7-13(20-3)12(16)10-11/h6-7,10H,4-5,8-9H2,1-3H3,(H,17,19,21). The summed E-state index contributed by atoms with van der Waals surface area (Å²) in [4.78, 5) is 14.3. The zero-order chi connectivity index (χ0) is 15.8. The lowest BCUT2D eigenvalue weighted by molar-refractivity contribution is 0.0973. The fourth-order valence-electron chi connectivity index (χ4n) is 1.91. The summed E-state index contributed by atoms with van der Waals surface area (Å²) in [7, 11) is 1.59. The number of thiocarbonyl (C=S) groups is 1. The van der Waals surface area contributed by atoms with Gasteiger partial charge in [0.1, 0.15) is 5.75 Å². The van der Waals surface area contributed by atoms with E-state index in [9.17, 15) is 4.79 Å². The van der Waals surface area contributed by atoms with Crippen LogP contribution in [0.25, 0.3) is 0 Å². The highest BCUT2D eigenvalue weighted by atomic mass is 79.9. The number of benzene rings is 1. The Morgan fingerprint density at radius 2 is 1.95 bits per heavy atom. The Labute approximate surface area is 140 Å². The molecule has 0 saturated carbocycles. The summed E-state index contributed by atoms with van der Waals surface area (Å²) in [5, 5.41) is 3.27. The van der Waals surface area contributed by atoms with Gasteiger partial charge >= 0.3 is 0 Å². The topological polar surface area (TPSA) is 41.6 Å². The SMILES string of the molecule is CCCN(CCC)C(=S)NC(=O)c1ccc(OC)c(Br)c1. The molecule has 0 unspecified atom stereocenters. The van der Waals surface area contributed by atoms with Gasteiger partial charge in [0.2, 0.25) is 0 Å². The minimum absolute atomic E-state index is 0.208. The van der Waals surface area contributed by atoms with Gasteiger partial charge in [0.05, 0.1) is 11.6 Å². The lowest BCUT2D eigenvalue weighted by Crippen LogP contribution is -2.43. The lowest BCUT2D eigenvalue weighted by Gasteiger charge is -2.24. The van der Waals surface area contributed by atoms with Crippen LogP contribution in [0.5, 0.6) is 5.75 Å². The van der Waals surface area contributed by atoms with Crippen molar-refractivity contribution in [1.82, 2.24) is 10.2 Å². The summed E-state index contributed by atoms with van der Waals surface area (Å²) in [5.74, 6) is 0.480. The normalized spacial score (nSPS) is 10.1. The molecule has 0 fully saturated rings. The van der Waals surface area contributed by atoms with Gasteiger partial charge < -0.3 is 9.64 Å². The maximum Gasteiger partial charge on any atom is 0.257 e. The summed E-state index contributed by atoms with van der Waals surface area (Å²) in [6, 6.07) is 5.18. The first-order chi connectivity index (χ1) is 10.0. The highest BCUT2D eigenvalue weighted by Gasteiger charge is 2.14. The van der Waals surface area contributed by atoms with Crippen molar-refractivity contribution < 1.29 is 9.53 Å². The summed E-state index contributed by atoms with van der Waals surface area (Å²) in [5.41, 5.74) is 0.540. The van der Waals surface area contributed by atoms with E-state index < -0.39 is 0 Å². The molecule has 1 aromatic carbocycles. The third kappa shape index (κ3) is 5.28. The number of halogens is 1. The molecule has 0 saturated heterocycles. The average molecular weight is 373 g/mol. The van der Waals surface area contributed by atoms with Crippen LogP contribution in [0.1, 0.15) is 37.0 Å². The van der Waals surface area contributed by atoms with Crippen molar-refractivity contribution in [3.8, 4) is 5.75 Å². The number of nitrogens with one attached hydrogen (secondary N) is 1. The van der Waals surface area contributed by atoms with Crippen LogP contribution in [0.3, 0.4) is 0 Å². The highest BCUT2D eigenvalue weighted by Crippen LogP contribution is 2.25. The molecule has 1 N–H and O–H groups in total. The number of hydrogen-bond donors (Lipinski definition) is 1. The molecule has 6 heteroatoms. The maximum absolute atomic E-state index is 12.2. The van der Waals surface area contributed by atoms with Crippen molar-refractivity contribution in [3.63, 3.8) is 0 Å². The molecular weight excluding hydrogens is 352 g/mol. The quantitative estimate of drug-likeness (QED) is 0.774. The summed E-state index contributed by atoms with van der Waals surface area (Å²) in [6.07, 6.45) is 1.98. The van der Waals surface area contributed by atoms with Crippen LogP contribution in [-0.2, 0) is 0 Å². The van der Waals surface area contributed by atoms with E-state index in [0.29, 0.717) is 16.4 Å². The van der Waals surface area contributed by atoms with Gasteiger partial charge in [-0.05, 0) is 59.2 Å². The van der Waals surface area contributed by atoms with E-state index >= 15 is 0 Å². The largest absolute Gasteiger partial charge is 0.496 e. The van der Waals surface area contributed by atoms with Gasteiger partial charge in [-0.15, -0.1) is 0 Å². The smallest absolute Gasteiger partial charge is 0.257 e.